The zero-order valence-electron chi connectivity index (χ0n) is 18.9. The van der Waals surface area contributed by atoms with Gasteiger partial charge in [-0.3, -0.25) is 9.69 Å². The monoisotopic (exact) mass is 493 g/mol. The second-order valence-corrected chi connectivity index (χ2v) is 10.0. The predicted molar refractivity (Wildman–Crippen MR) is 137 cm³/mol. The summed E-state index contributed by atoms with van der Waals surface area (Å²) in [6, 6.07) is 20.4. The lowest BCUT2D eigenvalue weighted by Crippen LogP contribution is -2.51. The average molecular weight is 494 g/mol. The summed E-state index contributed by atoms with van der Waals surface area (Å²) >= 11 is 7.90. The van der Waals surface area contributed by atoms with Crippen LogP contribution in [0.3, 0.4) is 0 Å². The van der Waals surface area contributed by atoms with Crippen LogP contribution in [0.25, 0.3) is 0 Å². The van der Waals surface area contributed by atoms with Crippen molar-refractivity contribution in [2.75, 3.05) is 29.6 Å². The number of hydrogen-bond donors (Lipinski definition) is 1. The second kappa shape index (κ2) is 8.89. The van der Waals surface area contributed by atoms with Crippen molar-refractivity contribution in [1.29, 1.82) is 0 Å². The van der Waals surface area contributed by atoms with Gasteiger partial charge >= 0.3 is 6.03 Å². The normalized spacial score (nSPS) is 19.0. The van der Waals surface area contributed by atoms with Crippen LogP contribution in [0, 0.1) is 6.92 Å². The van der Waals surface area contributed by atoms with Gasteiger partial charge < -0.3 is 15.0 Å². The molecule has 1 atom stereocenters. The van der Waals surface area contributed by atoms with Crippen LogP contribution in [0.15, 0.2) is 66.7 Å². The van der Waals surface area contributed by atoms with Crippen LogP contribution in [-0.2, 0) is 16.2 Å². The number of ether oxygens (including phenoxy) is 1. The van der Waals surface area contributed by atoms with Gasteiger partial charge in [0.2, 0.25) is 0 Å². The number of aryl methyl sites for hydroxylation is 1. The van der Waals surface area contributed by atoms with Crippen LogP contribution in [0.5, 0.6) is 5.75 Å². The highest BCUT2D eigenvalue weighted by atomic mass is 35.5. The maximum Gasteiger partial charge on any atom is 0.323 e. The molecule has 0 radical (unpaired) electrons. The van der Waals surface area contributed by atoms with Gasteiger partial charge in [0.25, 0.3) is 5.91 Å². The number of benzene rings is 3. The number of rotatable bonds is 4. The van der Waals surface area contributed by atoms with Gasteiger partial charge in [-0.1, -0.05) is 41.9 Å². The SMILES string of the molecule is COc1ccc2c(c1)[C@]1(SCCN1C(=O)Nc1cccc(C)c1)C(=O)N2Cc1ccccc1Cl. The molecule has 0 saturated carbocycles. The summed E-state index contributed by atoms with van der Waals surface area (Å²) in [5.74, 6) is 1.12. The van der Waals surface area contributed by atoms with Crippen molar-refractivity contribution in [2.45, 2.75) is 18.3 Å². The molecule has 8 heteroatoms. The number of hydrogen-bond acceptors (Lipinski definition) is 4. The van der Waals surface area contributed by atoms with Gasteiger partial charge in [0.1, 0.15) is 5.75 Å². The Morgan fingerprint density at radius 2 is 1.97 bits per heavy atom. The second-order valence-electron chi connectivity index (χ2n) is 8.31. The Labute approximate surface area is 207 Å². The molecular weight excluding hydrogens is 470 g/mol. The van der Waals surface area contributed by atoms with Gasteiger partial charge in [0, 0.05) is 28.6 Å². The Balaban J connectivity index is 1.56. The van der Waals surface area contributed by atoms with Gasteiger partial charge in [-0.2, -0.15) is 0 Å². The summed E-state index contributed by atoms with van der Waals surface area (Å²) in [6.07, 6.45) is 0. The van der Waals surface area contributed by atoms with E-state index in [1.807, 2.05) is 73.7 Å². The average Bonchev–Trinajstić information content (AvgIpc) is 3.37. The lowest BCUT2D eigenvalue weighted by atomic mass is 10.1. The standard InChI is InChI=1S/C26H24ClN3O3S/c1-17-6-5-8-19(14-17)28-25(32)30-12-13-34-26(30)21-15-20(33-2)10-11-23(21)29(24(26)31)16-18-7-3-4-9-22(18)27/h3-11,14-15H,12-13,16H2,1-2H3,(H,28,32)/t26-/m0/s1. The third kappa shape index (κ3) is 3.69. The summed E-state index contributed by atoms with van der Waals surface area (Å²) in [5, 5.41) is 3.58. The molecule has 3 aromatic carbocycles. The van der Waals surface area contributed by atoms with Crippen molar-refractivity contribution in [3.05, 3.63) is 88.4 Å². The quantitative estimate of drug-likeness (QED) is 0.511. The van der Waals surface area contributed by atoms with Gasteiger partial charge in [0.05, 0.1) is 19.3 Å². The molecule has 6 nitrogen and oxygen atoms in total. The maximum absolute atomic E-state index is 14.1. The minimum absolute atomic E-state index is 0.155. The van der Waals surface area contributed by atoms with Gasteiger partial charge in [-0.15, -0.1) is 11.8 Å². The maximum atomic E-state index is 14.1. The molecule has 2 aliphatic rings. The largest absolute Gasteiger partial charge is 0.497 e. The Hall–Kier alpha value is -3.16. The summed E-state index contributed by atoms with van der Waals surface area (Å²) in [7, 11) is 1.59. The van der Waals surface area contributed by atoms with Crippen molar-refractivity contribution in [3.63, 3.8) is 0 Å². The summed E-state index contributed by atoms with van der Waals surface area (Å²) < 4.78 is 5.48. The van der Waals surface area contributed by atoms with E-state index in [-0.39, 0.29) is 11.9 Å². The molecule has 0 unspecified atom stereocenters. The van der Waals surface area contributed by atoms with E-state index >= 15 is 0 Å². The fourth-order valence-corrected chi connectivity index (χ4v) is 6.24. The smallest absolute Gasteiger partial charge is 0.323 e. The fraction of sp³-hybridized carbons (Fsp3) is 0.231. The van der Waals surface area contributed by atoms with Crippen molar-refractivity contribution in [3.8, 4) is 5.75 Å². The highest BCUT2D eigenvalue weighted by molar-refractivity contribution is 8.01. The first-order chi connectivity index (χ1) is 16.4. The summed E-state index contributed by atoms with van der Waals surface area (Å²) in [6.45, 7) is 2.73. The highest BCUT2D eigenvalue weighted by Crippen LogP contribution is 2.55. The number of carbonyl (C=O) groups is 2. The van der Waals surface area contributed by atoms with Gasteiger partial charge in [-0.25, -0.2) is 4.79 Å². The molecule has 2 aliphatic heterocycles. The molecule has 0 aliphatic carbocycles. The number of nitrogens with one attached hydrogen (secondary N) is 1. The molecule has 3 aromatic rings. The van der Waals surface area contributed by atoms with Crippen LogP contribution in [0.2, 0.25) is 5.02 Å². The van der Waals surface area contributed by atoms with E-state index in [0.29, 0.717) is 35.3 Å². The Bertz CT molecular complexity index is 1280. The molecule has 1 saturated heterocycles. The predicted octanol–water partition coefficient (Wildman–Crippen LogP) is 5.64. The number of thioether (sulfide) groups is 1. The molecule has 5 rings (SSSR count). The number of halogens is 1. The molecule has 0 aromatic heterocycles. The lowest BCUT2D eigenvalue weighted by Gasteiger charge is -2.33. The van der Waals surface area contributed by atoms with Gasteiger partial charge in [-0.05, 0) is 54.4 Å². The first kappa shape index (κ1) is 22.6. The zero-order valence-corrected chi connectivity index (χ0v) is 20.4. The molecule has 1 N–H and O–H groups in total. The number of methoxy groups -OCH3 is 1. The molecule has 1 fully saturated rings. The number of carbonyl (C=O) groups excluding carboxylic acids is 2. The van der Waals surface area contributed by atoms with Crippen LogP contribution in [0.1, 0.15) is 16.7 Å². The van der Waals surface area contributed by atoms with E-state index in [2.05, 4.69) is 5.32 Å². The summed E-state index contributed by atoms with van der Waals surface area (Å²) in [5.41, 5.74) is 4.09. The van der Waals surface area contributed by atoms with E-state index in [1.54, 1.807) is 16.9 Å². The van der Waals surface area contributed by atoms with Crippen molar-refractivity contribution in [1.82, 2.24) is 4.90 Å². The zero-order chi connectivity index (χ0) is 23.9. The molecule has 1 spiro atoms. The van der Waals surface area contributed by atoms with Crippen LogP contribution in [0.4, 0.5) is 16.2 Å². The van der Waals surface area contributed by atoms with Crippen molar-refractivity contribution < 1.29 is 14.3 Å². The number of nitrogens with zero attached hydrogens (tertiary/aromatic N) is 2. The molecule has 2 heterocycles. The Morgan fingerprint density at radius 3 is 2.74 bits per heavy atom. The molecule has 174 valence electrons. The van der Waals surface area contributed by atoms with Crippen molar-refractivity contribution >= 4 is 46.7 Å². The highest BCUT2D eigenvalue weighted by Gasteiger charge is 2.59. The number of urea groups is 1. The van der Waals surface area contributed by atoms with Crippen molar-refractivity contribution in [2.24, 2.45) is 0 Å². The van der Waals surface area contributed by atoms with E-state index in [9.17, 15) is 9.59 Å². The van der Waals surface area contributed by atoms with E-state index in [4.69, 9.17) is 16.3 Å². The Morgan fingerprint density at radius 1 is 1.15 bits per heavy atom. The molecule has 34 heavy (non-hydrogen) atoms. The third-order valence-corrected chi connectivity index (χ3v) is 7.99. The lowest BCUT2D eigenvalue weighted by molar-refractivity contribution is -0.123. The number of anilines is 2. The van der Waals surface area contributed by atoms with E-state index < -0.39 is 4.87 Å². The van der Waals surface area contributed by atoms with Crippen LogP contribution >= 0.6 is 23.4 Å². The minimum atomic E-state index is -1.17. The fourth-order valence-electron chi connectivity index (χ4n) is 4.59. The summed E-state index contributed by atoms with van der Waals surface area (Å²) in [4.78, 5) is 29.8. The number of fused-ring (bicyclic) bond motifs is 2. The van der Waals surface area contributed by atoms with E-state index in [1.165, 1.54) is 11.8 Å². The minimum Gasteiger partial charge on any atom is -0.497 e. The molecule has 0 bridgehead atoms. The Kier molecular flexibility index (Phi) is 5.91. The third-order valence-electron chi connectivity index (χ3n) is 6.20. The van der Waals surface area contributed by atoms with Gasteiger partial charge in [0.15, 0.2) is 4.87 Å². The first-order valence-corrected chi connectivity index (χ1v) is 12.3. The van der Waals surface area contributed by atoms with Crippen LogP contribution < -0.4 is 15.0 Å². The van der Waals surface area contributed by atoms with Crippen LogP contribution in [-0.4, -0.2) is 36.2 Å². The number of amides is 3. The van der Waals surface area contributed by atoms with E-state index in [0.717, 1.165) is 22.4 Å². The topological polar surface area (TPSA) is 61.9 Å². The first-order valence-electron chi connectivity index (χ1n) is 11.0. The molecule has 3 amide bonds. The molecular formula is C26H24ClN3O3S.